The lowest BCUT2D eigenvalue weighted by molar-refractivity contribution is 0.0597. The van der Waals surface area contributed by atoms with E-state index in [0.717, 1.165) is 0 Å². The number of benzene rings is 1. The molecule has 16 heavy (non-hydrogen) atoms. The van der Waals surface area contributed by atoms with Crippen LogP contribution in [0, 0.1) is 0 Å². The molecule has 0 N–H and O–H groups in total. The number of ether oxygens (including phenoxy) is 2. The lowest BCUT2D eigenvalue weighted by Crippen LogP contribution is -2.08. The van der Waals surface area contributed by atoms with Gasteiger partial charge in [0.05, 0.1) is 19.8 Å². The summed E-state index contributed by atoms with van der Waals surface area (Å²) in [4.78, 5) is 23.1. The van der Waals surface area contributed by atoms with Gasteiger partial charge in [-0.15, -0.1) is 0 Å². The predicted octanol–water partition coefficient (Wildman–Crippen LogP) is 2.07. The summed E-state index contributed by atoms with van der Waals surface area (Å²) in [6.07, 6.45) is 0.362. The SMILES string of the molecule is CCC(=O)c1cccc(C(=O)OC)c1OC. The molecule has 4 nitrogen and oxygen atoms in total. The van der Waals surface area contributed by atoms with Crippen molar-refractivity contribution < 1.29 is 19.1 Å². The summed E-state index contributed by atoms with van der Waals surface area (Å²) in [5.74, 6) is -0.300. The quantitative estimate of drug-likeness (QED) is 0.578. The van der Waals surface area contributed by atoms with Crippen LogP contribution in [0.1, 0.15) is 34.1 Å². The highest BCUT2D eigenvalue weighted by Crippen LogP contribution is 2.25. The van der Waals surface area contributed by atoms with E-state index in [0.29, 0.717) is 12.0 Å². The molecule has 0 saturated heterocycles. The van der Waals surface area contributed by atoms with Gasteiger partial charge in [-0.3, -0.25) is 4.79 Å². The van der Waals surface area contributed by atoms with Crippen molar-refractivity contribution in [2.45, 2.75) is 13.3 Å². The van der Waals surface area contributed by atoms with Crippen molar-refractivity contribution in [1.82, 2.24) is 0 Å². The average molecular weight is 222 g/mol. The third-order valence-electron chi connectivity index (χ3n) is 2.25. The smallest absolute Gasteiger partial charge is 0.341 e. The number of hydrogen-bond donors (Lipinski definition) is 0. The molecular formula is C12H14O4. The van der Waals surface area contributed by atoms with E-state index in [4.69, 9.17) is 4.74 Å². The summed E-state index contributed by atoms with van der Waals surface area (Å²) < 4.78 is 9.72. The molecular weight excluding hydrogens is 208 g/mol. The molecule has 4 heteroatoms. The van der Waals surface area contributed by atoms with Crippen molar-refractivity contribution >= 4 is 11.8 Å². The first-order chi connectivity index (χ1) is 7.65. The second-order valence-corrected chi connectivity index (χ2v) is 3.15. The Bertz CT molecular complexity index is 375. The molecule has 0 saturated carbocycles. The van der Waals surface area contributed by atoms with Crippen LogP contribution in [-0.4, -0.2) is 26.0 Å². The summed E-state index contributed by atoms with van der Waals surface area (Å²) >= 11 is 0. The molecule has 0 fully saturated rings. The lowest BCUT2D eigenvalue weighted by atomic mass is 10.0. The molecule has 0 aliphatic rings. The first kappa shape index (κ1) is 12.2. The number of para-hydroxylation sites is 1. The van der Waals surface area contributed by atoms with Crippen LogP contribution in [0.4, 0.5) is 0 Å². The normalized spacial score (nSPS) is 9.69. The van der Waals surface area contributed by atoms with Gasteiger partial charge >= 0.3 is 5.97 Å². The summed E-state index contributed by atoms with van der Waals surface area (Å²) in [7, 11) is 2.71. The van der Waals surface area contributed by atoms with E-state index < -0.39 is 5.97 Å². The highest BCUT2D eigenvalue weighted by molar-refractivity contribution is 6.03. The molecule has 1 rings (SSSR count). The second kappa shape index (κ2) is 5.30. The highest BCUT2D eigenvalue weighted by atomic mass is 16.5. The van der Waals surface area contributed by atoms with Gasteiger partial charge in [0.2, 0.25) is 0 Å². The average Bonchev–Trinajstić information content (AvgIpc) is 2.35. The van der Waals surface area contributed by atoms with E-state index in [1.165, 1.54) is 14.2 Å². The molecule has 0 radical (unpaired) electrons. The van der Waals surface area contributed by atoms with Gasteiger partial charge in [0.1, 0.15) is 11.3 Å². The zero-order valence-electron chi connectivity index (χ0n) is 9.57. The number of esters is 1. The van der Waals surface area contributed by atoms with Crippen molar-refractivity contribution in [2.24, 2.45) is 0 Å². The zero-order chi connectivity index (χ0) is 12.1. The molecule has 0 atom stereocenters. The molecule has 0 bridgehead atoms. The Balaban J connectivity index is 3.31. The van der Waals surface area contributed by atoms with Crippen molar-refractivity contribution in [2.75, 3.05) is 14.2 Å². The number of rotatable bonds is 4. The minimum Gasteiger partial charge on any atom is -0.495 e. The molecule has 0 amide bonds. The number of carbonyl (C=O) groups excluding carboxylic acids is 2. The second-order valence-electron chi connectivity index (χ2n) is 3.15. The van der Waals surface area contributed by atoms with E-state index in [2.05, 4.69) is 4.74 Å². The maximum absolute atomic E-state index is 11.6. The van der Waals surface area contributed by atoms with Crippen LogP contribution in [-0.2, 0) is 4.74 Å². The summed E-state index contributed by atoms with van der Waals surface area (Å²) in [5.41, 5.74) is 0.678. The van der Waals surface area contributed by atoms with Crippen LogP contribution in [0.5, 0.6) is 5.75 Å². The van der Waals surface area contributed by atoms with Crippen LogP contribution >= 0.6 is 0 Å². The highest BCUT2D eigenvalue weighted by Gasteiger charge is 2.18. The molecule has 0 aliphatic heterocycles. The number of ketones is 1. The largest absolute Gasteiger partial charge is 0.495 e. The van der Waals surface area contributed by atoms with Gasteiger partial charge in [-0.25, -0.2) is 4.79 Å². The first-order valence-electron chi connectivity index (χ1n) is 4.94. The monoisotopic (exact) mass is 222 g/mol. The predicted molar refractivity (Wildman–Crippen MR) is 59.0 cm³/mol. The van der Waals surface area contributed by atoms with Gasteiger partial charge < -0.3 is 9.47 Å². The summed E-state index contributed by atoms with van der Waals surface area (Å²) in [6, 6.07) is 4.84. The van der Waals surface area contributed by atoms with Crippen LogP contribution in [0.3, 0.4) is 0 Å². The molecule has 86 valence electrons. The Kier molecular flexibility index (Phi) is 4.05. The van der Waals surface area contributed by atoms with Crippen molar-refractivity contribution in [3.05, 3.63) is 29.3 Å². The summed E-state index contributed by atoms with van der Waals surface area (Å²) in [6.45, 7) is 1.76. The molecule has 0 aliphatic carbocycles. The third-order valence-corrected chi connectivity index (χ3v) is 2.25. The molecule has 0 heterocycles. The van der Waals surface area contributed by atoms with Gasteiger partial charge in [0.25, 0.3) is 0 Å². The number of methoxy groups -OCH3 is 2. The Morgan fingerprint density at radius 3 is 2.31 bits per heavy atom. The molecule has 1 aromatic carbocycles. The summed E-state index contributed by atoms with van der Waals surface area (Å²) in [5, 5.41) is 0. The zero-order valence-corrected chi connectivity index (χ0v) is 9.57. The van der Waals surface area contributed by atoms with Crippen LogP contribution in [0.2, 0.25) is 0 Å². The Morgan fingerprint density at radius 1 is 1.19 bits per heavy atom. The molecule has 0 aromatic heterocycles. The third kappa shape index (κ3) is 2.21. The van der Waals surface area contributed by atoms with E-state index >= 15 is 0 Å². The van der Waals surface area contributed by atoms with Crippen LogP contribution in [0.25, 0.3) is 0 Å². The first-order valence-corrected chi connectivity index (χ1v) is 4.94. The van der Waals surface area contributed by atoms with Crippen molar-refractivity contribution in [3.63, 3.8) is 0 Å². The Labute approximate surface area is 94.2 Å². The molecule has 0 unspecified atom stereocenters. The van der Waals surface area contributed by atoms with E-state index in [9.17, 15) is 9.59 Å². The number of carbonyl (C=O) groups is 2. The molecule has 0 spiro atoms. The maximum Gasteiger partial charge on any atom is 0.341 e. The van der Waals surface area contributed by atoms with E-state index in [1.54, 1.807) is 25.1 Å². The van der Waals surface area contributed by atoms with Gasteiger partial charge in [0.15, 0.2) is 5.78 Å². The fraction of sp³-hybridized carbons (Fsp3) is 0.333. The Morgan fingerprint density at radius 2 is 1.81 bits per heavy atom. The van der Waals surface area contributed by atoms with Crippen molar-refractivity contribution in [3.8, 4) is 5.75 Å². The standard InChI is InChI=1S/C12H14O4/c1-4-10(13)8-6-5-7-9(11(8)15-2)12(14)16-3/h5-7H,4H2,1-3H3. The molecule has 1 aromatic rings. The Hall–Kier alpha value is -1.84. The van der Waals surface area contributed by atoms with Gasteiger partial charge in [-0.05, 0) is 12.1 Å². The van der Waals surface area contributed by atoms with Gasteiger partial charge in [-0.1, -0.05) is 13.0 Å². The van der Waals surface area contributed by atoms with E-state index in [-0.39, 0.29) is 17.1 Å². The van der Waals surface area contributed by atoms with Crippen LogP contribution in [0.15, 0.2) is 18.2 Å². The maximum atomic E-state index is 11.6. The topological polar surface area (TPSA) is 52.6 Å². The number of Topliss-reactive ketones (excluding diaryl/α,β-unsaturated/α-hetero) is 1. The van der Waals surface area contributed by atoms with Gasteiger partial charge in [0, 0.05) is 6.42 Å². The number of hydrogen-bond acceptors (Lipinski definition) is 4. The van der Waals surface area contributed by atoms with Gasteiger partial charge in [-0.2, -0.15) is 0 Å². The lowest BCUT2D eigenvalue weighted by Gasteiger charge is -2.10. The fourth-order valence-corrected chi connectivity index (χ4v) is 1.44. The fourth-order valence-electron chi connectivity index (χ4n) is 1.44. The van der Waals surface area contributed by atoms with Crippen LogP contribution < -0.4 is 4.74 Å². The van der Waals surface area contributed by atoms with Crippen molar-refractivity contribution in [1.29, 1.82) is 0 Å². The minimum atomic E-state index is -0.511. The van der Waals surface area contributed by atoms with E-state index in [1.807, 2.05) is 0 Å². The minimum absolute atomic E-state index is 0.0670.